The molecule has 0 atom stereocenters. The number of nitrogens with zero attached hydrogens (tertiary/aromatic N) is 1. The van der Waals surface area contributed by atoms with E-state index in [1.54, 1.807) is 0 Å². The Labute approximate surface area is 145 Å². The van der Waals surface area contributed by atoms with Gasteiger partial charge in [0.2, 0.25) is 0 Å². The van der Waals surface area contributed by atoms with Crippen molar-refractivity contribution in [1.29, 1.82) is 0 Å². The lowest BCUT2D eigenvalue weighted by molar-refractivity contribution is 0.249. The van der Waals surface area contributed by atoms with Crippen LogP contribution in [-0.2, 0) is 13.1 Å². The van der Waals surface area contributed by atoms with Crippen molar-refractivity contribution in [3.05, 3.63) is 57.6 Å². The molecule has 0 aromatic heterocycles. The van der Waals surface area contributed by atoms with E-state index in [0.717, 1.165) is 46.3 Å². The minimum Gasteiger partial charge on any atom is -0.508 e. The highest BCUT2D eigenvalue weighted by atomic mass is 16.3. The largest absolute Gasteiger partial charge is 0.508 e. The van der Waals surface area contributed by atoms with E-state index in [4.69, 9.17) is 0 Å². The molecule has 2 aromatic carbocycles. The first-order chi connectivity index (χ1) is 11.3. The summed E-state index contributed by atoms with van der Waals surface area (Å²) in [5, 5.41) is 20.6. The van der Waals surface area contributed by atoms with Gasteiger partial charge in [0.25, 0.3) is 0 Å². The molecule has 2 N–H and O–H groups in total. The summed E-state index contributed by atoms with van der Waals surface area (Å²) in [5.74, 6) is 0.719. The van der Waals surface area contributed by atoms with Crippen LogP contribution in [0.2, 0.25) is 0 Å². The van der Waals surface area contributed by atoms with Crippen LogP contribution in [0.3, 0.4) is 0 Å². The second kappa shape index (κ2) is 7.71. The van der Waals surface area contributed by atoms with E-state index in [-0.39, 0.29) is 0 Å². The predicted octanol–water partition coefficient (Wildman–Crippen LogP) is 4.74. The van der Waals surface area contributed by atoms with Crippen LogP contribution in [0.1, 0.15) is 46.7 Å². The smallest absolute Gasteiger partial charge is 0.120 e. The fraction of sp³-hybridized carbons (Fsp3) is 0.429. The van der Waals surface area contributed by atoms with Gasteiger partial charge in [-0.15, -0.1) is 0 Å². The summed E-state index contributed by atoms with van der Waals surface area (Å²) < 4.78 is 0. The summed E-state index contributed by atoms with van der Waals surface area (Å²) >= 11 is 0. The summed E-state index contributed by atoms with van der Waals surface area (Å²) in [7, 11) is 0. The van der Waals surface area contributed by atoms with Crippen LogP contribution in [0.25, 0.3) is 0 Å². The first-order valence-electron chi connectivity index (χ1n) is 8.62. The van der Waals surface area contributed by atoms with Gasteiger partial charge in [-0.25, -0.2) is 0 Å². The number of phenolic OH excluding ortho intramolecular Hbond substituents is 2. The number of rotatable bonds is 6. The van der Waals surface area contributed by atoms with E-state index in [9.17, 15) is 10.2 Å². The zero-order valence-electron chi connectivity index (χ0n) is 15.5. The highest BCUT2D eigenvalue weighted by Crippen LogP contribution is 2.28. The van der Waals surface area contributed by atoms with Crippen LogP contribution in [-0.4, -0.2) is 21.7 Å². The second-order valence-electron chi connectivity index (χ2n) is 6.87. The molecule has 2 aromatic rings. The van der Waals surface area contributed by atoms with E-state index in [0.29, 0.717) is 24.6 Å². The van der Waals surface area contributed by atoms with Gasteiger partial charge in [0.15, 0.2) is 0 Å². The summed E-state index contributed by atoms with van der Waals surface area (Å²) in [6, 6.07) is 7.85. The van der Waals surface area contributed by atoms with E-state index in [2.05, 4.69) is 24.0 Å². The van der Waals surface area contributed by atoms with E-state index in [1.807, 2.05) is 39.8 Å². The maximum absolute atomic E-state index is 10.3. The molecule has 3 nitrogen and oxygen atoms in total. The number of aryl methyl sites for hydroxylation is 4. The minimum absolute atomic E-state index is 0.360. The van der Waals surface area contributed by atoms with E-state index < -0.39 is 0 Å². The number of benzene rings is 2. The molecular weight excluding hydrogens is 298 g/mol. The van der Waals surface area contributed by atoms with Gasteiger partial charge >= 0.3 is 0 Å². The van der Waals surface area contributed by atoms with Gasteiger partial charge in [0.05, 0.1) is 0 Å². The highest BCUT2D eigenvalue weighted by Gasteiger charge is 2.15. The van der Waals surface area contributed by atoms with Crippen LogP contribution >= 0.6 is 0 Å². The van der Waals surface area contributed by atoms with Crippen LogP contribution in [0.5, 0.6) is 11.5 Å². The number of hydrogen-bond donors (Lipinski definition) is 2. The van der Waals surface area contributed by atoms with Gasteiger partial charge in [0, 0.05) is 24.2 Å². The Kier molecular flexibility index (Phi) is 5.89. The maximum atomic E-state index is 10.3. The standard InChI is InChI=1S/C21H29NO2/c1-6-7-22(12-18-16(4)8-14(2)10-20(18)23)13-19-17(5)9-15(3)11-21(19)24/h8-11,23-24H,6-7,12-13H2,1-5H3. The third-order valence-corrected chi connectivity index (χ3v) is 4.49. The number of phenols is 2. The molecule has 0 heterocycles. The van der Waals surface area contributed by atoms with Crippen molar-refractivity contribution in [2.45, 2.75) is 54.1 Å². The Morgan fingerprint density at radius 2 is 1.17 bits per heavy atom. The molecular formula is C21H29NO2. The molecule has 0 bridgehead atoms. The monoisotopic (exact) mass is 327 g/mol. The Morgan fingerprint density at radius 1 is 0.750 bits per heavy atom. The molecule has 0 spiro atoms. The number of aromatic hydroxyl groups is 2. The van der Waals surface area contributed by atoms with Gasteiger partial charge in [-0.3, -0.25) is 4.90 Å². The molecule has 0 aliphatic carbocycles. The van der Waals surface area contributed by atoms with Crippen molar-refractivity contribution in [1.82, 2.24) is 4.90 Å². The molecule has 0 aliphatic rings. The Hall–Kier alpha value is -2.00. The summed E-state index contributed by atoms with van der Waals surface area (Å²) in [6.07, 6.45) is 1.03. The fourth-order valence-corrected chi connectivity index (χ4v) is 3.34. The molecule has 24 heavy (non-hydrogen) atoms. The molecule has 0 unspecified atom stereocenters. The van der Waals surface area contributed by atoms with Crippen LogP contribution < -0.4 is 0 Å². The lowest BCUT2D eigenvalue weighted by Crippen LogP contribution is -2.24. The van der Waals surface area contributed by atoms with Crippen molar-refractivity contribution in [2.24, 2.45) is 0 Å². The first kappa shape index (κ1) is 18.3. The molecule has 2 rings (SSSR count). The first-order valence-corrected chi connectivity index (χ1v) is 8.62. The second-order valence-corrected chi connectivity index (χ2v) is 6.87. The quantitative estimate of drug-likeness (QED) is 0.805. The third-order valence-electron chi connectivity index (χ3n) is 4.49. The molecule has 0 aliphatic heterocycles. The molecule has 0 amide bonds. The van der Waals surface area contributed by atoms with Crippen molar-refractivity contribution in [3.8, 4) is 11.5 Å². The van der Waals surface area contributed by atoms with Crippen LogP contribution in [0, 0.1) is 27.7 Å². The lowest BCUT2D eigenvalue weighted by Gasteiger charge is -2.25. The summed E-state index contributed by atoms with van der Waals surface area (Å²) in [6.45, 7) is 12.5. The van der Waals surface area contributed by atoms with Crippen molar-refractivity contribution < 1.29 is 10.2 Å². The van der Waals surface area contributed by atoms with Crippen molar-refractivity contribution in [2.75, 3.05) is 6.54 Å². The van der Waals surface area contributed by atoms with Gasteiger partial charge < -0.3 is 10.2 Å². The van der Waals surface area contributed by atoms with Gasteiger partial charge in [-0.2, -0.15) is 0 Å². The third kappa shape index (κ3) is 4.30. The van der Waals surface area contributed by atoms with Gasteiger partial charge in [-0.05, 0) is 75.0 Å². The molecule has 0 saturated carbocycles. The highest BCUT2D eigenvalue weighted by molar-refractivity contribution is 5.43. The Balaban J connectivity index is 2.28. The molecule has 0 radical (unpaired) electrons. The van der Waals surface area contributed by atoms with Crippen LogP contribution in [0.15, 0.2) is 24.3 Å². The zero-order valence-corrected chi connectivity index (χ0v) is 15.5. The Bertz CT molecular complexity index is 616. The molecule has 0 fully saturated rings. The van der Waals surface area contributed by atoms with Gasteiger partial charge in [-0.1, -0.05) is 19.1 Å². The molecule has 0 saturated heterocycles. The van der Waals surface area contributed by atoms with Gasteiger partial charge in [0.1, 0.15) is 11.5 Å². The fourth-order valence-electron chi connectivity index (χ4n) is 3.34. The zero-order chi connectivity index (χ0) is 17.9. The molecule has 3 heteroatoms. The minimum atomic E-state index is 0.360. The normalized spacial score (nSPS) is 11.2. The van der Waals surface area contributed by atoms with Crippen molar-refractivity contribution in [3.63, 3.8) is 0 Å². The predicted molar refractivity (Wildman–Crippen MR) is 99.6 cm³/mol. The maximum Gasteiger partial charge on any atom is 0.120 e. The topological polar surface area (TPSA) is 43.7 Å². The lowest BCUT2D eigenvalue weighted by atomic mass is 10.0. The summed E-state index contributed by atoms with van der Waals surface area (Å²) in [4.78, 5) is 2.29. The number of hydrogen-bond acceptors (Lipinski definition) is 3. The van der Waals surface area contributed by atoms with Crippen LogP contribution in [0.4, 0.5) is 0 Å². The SMILES string of the molecule is CCCN(Cc1c(C)cc(C)cc1O)Cc1c(C)cc(C)cc1O. The van der Waals surface area contributed by atoms with E-state index in [1.165, 1.54) is 0 Å². The average molecular weight is 327 g/mol. The average Bonchev–Trinajstić information content (AvgIpc) is 2.46. The van der Waals surface area contributed by atoms with Crippen molar-refractivity contribution >= 4 is 0 Å². The summed E-state index contributed by atoms with van der Waals surface area (Å²) in [5.41, 5.74) is 6.30. The Morgan fingerprint density at radius 3 is 1.50 bits per heavy atom. The molecule has 130 valence electrons. The van der Waals surface area contributed by atoms with E-state index >= 15 is 0 Å².